The van der Waals surface area contributed by atoms with E-state index in [0.717, 1.165) is 0 Å². The molecule has 2 heterocycles. The van der Waals surface area contributed by atoms with Crippen molar-refractivity contribution >= 4 is 27.3 Å². The second-order valence-corrected chi connectivity index (χ2v) is 6.45. The first-order valence-electron chi connectivity index (χ1n) is 5.76. The maximum Gasteiger partial charge on any atom is 0.265 e. The van der Waals surface area contributed by atoms with Crippen LogP contribution in [-0.4, -0.2) is 32.6 Å². The van der Waals surface area contributed by atoms with Gasteiger partial charge < -0.3 is 15.2 Å². The van der Waals surface area contributed by atoms with Crippen LogP contribution in [0.2, 0.25) is 0 Å². The molecule has 114 valence electrons. The molecule has 0 aliphatic carbocycles. The summed E-state index contributed by atoms with van der Waals surface area (Å²) in [5.41, 5.74) is 5.52. The van der Waals surface area contributed by atoms with Crippen molar-refractivity contribution in [1.82, 2.24) is 9.97 Å². The van der Waals surface area contributed by atoms with Gasteiger partial charge >= 0.3 is 0 Å². The van der Waals surface area contributed by atoms with E-state index in [0.29, 0.717) is 4.88 Å². The largest absolute Gasteiger partial charge is 0.481 e. The second kappa shape index (κ2) is 6.24. The number of aromatic nitrogens is 2. The first kappa shape index (κ1) is 15.5. The Balaban J connectivity index is 2.36. The number of sulfonamides is 1. The summed E-state index contributed by atoms with van der Waals surface area (Å²) >= 11 is 1.27. The number of nitrogens with two attached hydrogens (primary N) is 1. The molecule has 3 N–H and O–H groups in total. The Hall–Kier alpha value is -1.91. The van der Waals surface area contributed by atoms with Crippen LogP contribution in [0.5, 0.6) is 11.8 Å². The lowest BCUT2D eigenvalue weighted by molar-refractivity contribution is 0.373. The van der Waals surface area contributed by atoms with Crippen LogP contribution in [0.3, 0.4) is 0 Å². The maximum absolute atomic E-state index is 12.3. The van der Waals surface area contributed by atoms with Crippen LogP contribution in [0.1, 0.15) is 4.88 Å². The Labute approximate surface area is 126 Å². The fraction of sp³-hybridized carbons (Fsp3) is 0.273. The summed E-state index contributed by atoms with van der Waals surface area (Å²) in [5.74, 6) is 0.230. The van der Waals surface area contributed by atoms with Crippen molar-refractivity contribution in [3.63, 3.8) is 0 Å². The summed E-state index contributed by atoms with van der Waals surface area (Å²) in [6.07, 6.45) is 0. The van der Waals surface area contributed by atoms with Crippen LogP contribution >= 0.6 is 11.3 Å². The molecule has 8 nitrogen and oxygen atoms in total. The predicted octanol–water partition coefficient (Wildman–Crippen LogP) is 0.815. The van der Waals surface area contributed by atoms with E-state index in [1.165, 1.54) is 37.7 Å². The van der Waals surface area contributed by atoms with E-state index in [4.69, 9.17) is 15.2 Å². The minimum Gasteiger partial charge on any atom is -0.481 e. The molecule has 0 atom stereocenters. The number of hydrogen-bond donors (Lipinski definition) is 2. The van der Waals surface area contributed by atoms with E-state index in [2.05, 4.69) is 14.7 Å². The predicted molar refractivity (Wildman–Crippen MR) is 78.2 cm³/mol. The topological polar surface area (TPSA) is 116 Å². The molecule has 0 radical (unpaired) electrons. The van der Waals surface area contributed by atoms with Crippen molar-refractivity contribution in [2.45, 2.75) is 11.4 Å². The maximum atomic E-state index is 12.3. The molecule has 0 amide bonds. The molecule has 2 aromatic rings. The lowest BCUT2D eigenvalue weighted by Crippen LogP contribution is -2.17. The van der Waals surface area contributed by atoms with E-state index in [1.54, 1.807) is 5.38 Å². The normalized spacial score (nSPS) is 11.2. The first-order chi connectivity index (χ1) is 10.00. The zero-order valence-corrected chi connectivity index (χ0v) is 13.0. The van der Waals surface area contributed by atoms with Gasteiger partial charge in [-0.3, -0.25) is 0 Å². The van der Waals surface area contributed by atoms with Crippen molar-refractivity contribution in [3.8, 4) is 11.8 Å². The standard InChI is InChI=1S/C11H14N4O4S2/c1-18-9-5-10(19-2)14-11(13-9)15-21(16,17)8-3-4-20-7(8)6-12/h3-5H,6,12H2,1-2H3,(H,13,14,15). The van der Waals surface area contributed by atoms with Gasteiger partial charge in [0.2, 0.25) is 17.7 Å². The number of methoxy groups -OCH3 is 2. The Morgan fingerprint density at radius 2 is 1.90 bits per heavy atom. The molecule has 0 unspecified atom stereocenters. The Kier molecular flexibility index (Phi) is 4.60. The highest BCUT2D eigenvalue weighted by molar-refractivity contribution is 7.92. The molecule has 0 aromatic carbocycles. The molecule has 21 heavy (non-hydrogen) atoms. The molecule has 0 aliphatic heterocycles. The minimum atomic E-state index is -3.82. The average Bonchev–Trinajstić information content (AvgIpc) is 2.95. The minimum absolute atomic E-state index is 0.111. The van der Waals surface area contributed by atoms with E-state index < -0.39 is 10.0 Å². The molecular weight excluding hydrogens is 316 g/mol. The Morgan fingerprint density at radius 3 is 2.43 bits per heavy atom. The molecule has 0 bridgehead atoms. The van der Waals surface area contributed by atoms with E-state index in [-0.39, 0.29) is 29.1 Å². The lowest BCUT2D eigenvalue weighted by atomic mass is 10.5. The zero-order chi connectivity index (χ0) is 15.5. The van der Waals surface area contributed by atoms with Gasteiger partial charge in [-0.1, -0.05) is 0 Å². The SMILES string of the molecule is COc1cc(OC)nc(NS(=O)(=O)c2ccsc2CN)n1. The van der Waals surface area contributed by atoms with E-state index >= 15 is 0 Å². The second-order valence-electron chi connectivity index (χ2n) is 3.79. The van der Waals surface area contributed by atoms with Crippen LogP contribution in [0, 0.1) is 0 Å². The summed E-state index contributed by atoms with van der Waals surface area (Å²) in [6.45, 7) is 0.135. The van der Waals surface area contributed by atoms with Crippen LogP contribution in [-0.2, 0) is 16.6 Å². The van der Waals surface area contributed by atoms with Crippen molar-refractivity contribution in [2.24, 2.45) is 5.73 Å². The third-order valence-electron chi connectivity index (χ3n) is 2.50. The summed E-state index contributed by atoms with van der Waals surface area (Å²) in [6, 6.07) is 2.92. The summed E-state index contributed by atoms with van der Waals surface area (Å²) in [4.78, 5) is 8.50. The van der Waals surface area contributed by atoms with Gasteiger partial charge in [-0.05, 0) is 11.4 Å². The van der Waals surface area contributed by atoms with Crippen molar-refractivity contribution in [3.05, 3.63) is 22.4 Å². The van der Waals surface area contributed by atoms with Crippen molar-refractivity contribution in [2.75, 3.05) is 18.9 Å². The average molecular weight is 330 g/mol. The fourth-order valence-corrected chi connectivity index (χ4v) is 3.83. The number of nitrogens with zero attached hydrogens (tertiary/aromatic N) is 2. The molecule has 0 saturated carbocycles. The number of nitrogens with one attached hydrogen (secondary N) is 1. The quantitative estimate of drug-likeness (QED) is 0.805. The van der Waals surface area contributed by atoms with Gasteiger partial charge in [-0.15, -0.1) is 11.3 Å². The van der Waals surface area contributed by atoms with Gasteiger partial charge in [0.15, 0.2) is 0 Å². The highest BCUT2D eigenvalue weighted by Gasteiger charge is 2.21. The van der Waals surface area contributed by atoms with Gasteiger partial charge in [0, 0.05) is 11.4 Å². The zero-order valence-electron chi connectivity index (χ0n) is 11.4. The smallest absolute Gasteiger partial charge is 0.265 e. The molecule has 0 spiro atoms. The number of thiophene rings is 1. The molecule has 2 rings (SSSR count). The van der Waals surface area contributed by atoms with Crippen molar-refractivity contribution < 1.29 is 17.9 Å². The van der Waals surface area contributed by atoms with Crippen molar-refractivity contribution in [1.29, 1.82) is 0 Å². The highest BCUT2D eigenvalue weighted by atomic mass is 32.2. The third kappa shape index (κ3) is 3.40. The fourth-order valence-electron chi connectivity index (χ4n) is 1.55. The van der Waals surface area contributed by atoms with Crippen LogP contribution in [0.15, 0.2) is 22.4 Å². The van der Waals surface area contributed by atoms with Gasteiger partial charge in [0.1, 0.15) is 4.90 Å². The van der Waals surface area contributed by atoms with Crippen LogP contribution < -0.4 is 19.9 Å². The molecule has 10 heteroatoms. The molecule has 0 aliphatic rings. The first-order valence-corrected chi connectivity index (χ1v) is 8.12. The lowest BCUT2D eigenvalue weighted by Gasteiger charge is -2.09. The Bertz CT molecular complexity index is 707. The van der Waals surface area contributed by atoms with E-state index in [9.17, 15) is 8.42 Å². The van der Waals surface area contributed by atoms with Gasteiger partial charge in [-0.2, -0.15) is 9.97 Å². The monoisotopic (exact) mass is 330 g/mol. The third-order valence-corrected chi connectivity index (χ3v) is 4.99. The van der Waals surface area contributed by atoms with Gasteiger partial charge in [0.05, 0.1) is 20.3 Å². The molecule has 0 saturated heterocycles. The summed E-state index contributed by atoms with van der Waals surface area (Å²) < 4.78 is 36.9. The highest BCUT2D eigenvalue weighted by Crippen LogP contribution is 2.24. The number of hydrogen-bond acceptors (Lipinski definition) is 8. The molecular formula is C11H14N4O4S2. The number of anilines is 1. The number of ether oxygens (including phenoxy) is 2. The Morgan fingerprint density at radius 1 is 1.29 bits per heavy atom. The summed E-state index contributed by atoms with van der Waals surface area (Å²) in [5, 5.41) is 1.66. The molecule has 0 fully saturated rings. The van der Waals surface area contributed by atoms with Crippen LogP contribution in [0.4, 0.5) is 5.95 Å². The number of rotatable bonds is 6. The van der Waals surface area contributed by atoms with E-state index in [1.807, 2.05) is 0 Å². The van der Waals surface area contributed by atoms with Gasteiger partial charge in [0.25, 0.3) is 10.0 Å². The van der Waals surface area contributed by atoms with Gasteiger partial charge in [-0.25, -0.2) is 13.1 Å². The summed E-state index contributed by atoms with van der Waals surface area (Å²) in [7, 11) is -1.00. The van der Waals surface area contributed by atoms with Crippen LogP contribution in [0.25, 0.3) is 0 Å². The molecule has 2 aromatic heterocycles.